The van der Waals surface area contributed by atoms with Crippen LogP contribution >= 0.6 is 0 Å². The van der Waals surface area contributed by atoms with Crippen molar-refractivity contribution in [3.05, 3.63) is 60.3 Å². The number of fused-ring (bicyclic) bond motifs is 4. The van der Waals surface area contributed by atoms with Crippen LogP contribution in [0.25, 0.3) is 32.7 Å². The molecule has 2 N–H and O–H groups in total. The van der Waals surface area contributed by atoms with E-state index in [9.17, 15) is 0 Å². The third kappa shape index (κ3) is 1.64. The number of rotatable bonds is 1. The molecule has 0 saturated carbocycles. The molecule has 3 nitrogen and oxygen atoms in total. The number of aromatic nitrogens is 2. The molecule has 0 aliphatic heterocycles. The fourth-order valence-electron chi connectivity index (χ4n) is 2.60. The Morgan fingerprint density at radius 2 is 1.80 bits per heavy atom. The summed E-state index contributed by atoms with van der Waals surface area (Å²) in [4.78, 5) is 9.26. The minimum atomic E-state index is 0.493. The molecule has 4 rings (SSSR count). The molecule has 0 radical (unpaired) electrons. The number of hydrogen-bond acceptors (Lipinski definition) is 3. The molecule has 0 fully saturated rings. The van der Waals surface area contributed by atoms with Gasteiger partial charge in [0, 0.05) is 28.9 Å². The van der Waals surface area contributed by atoms with E-state index in [0.29, 0.717) is 6.54 Å². The van der Waals surface area contributed by atoms with Crippen molar-refractivity contribution >= 4 is 32.7 Å². The Morgan fingerprint density at radius 1 is 0.900 bits per heavy atom. The molecule has 2 aromatic carbocycles. The first-order valence-electron chi connectivity index (χ1n) is 6.62. The molecular weight excluding hydrogens is 246 g/mol. The summed E-state index contributed by atoms with van der Waals surface area (Å²) in [6.07, 6.45) is 1.83. The number of pyridine rings is 2. The zero-order chi connectivity index (χ0) is 13.5. The largest absolute Gasteiger partial charge is 0.326 e. The molecule has 3 heteroatoms. The fourth-order valence-corrected chi connectivity index (χ4v) is 2.60. The van der Waals surface area contributed by atoms with Crippen LogP contribution in [0, 0.1) is 0 Å². The van der Waals surface area contributed by atoms with Gasteiger partial charge < -0.3 is 5.73 Å². The van der Waals surface area contributed by atoms with E-state index in [2.05, 4.69) is 29.2 Å². The van der Waals surface area contributed by atoms with Crippen molar-refractivity contribution < 1.29 is 0 Å². The van der Waals surface area contributed by atoms with Crippen LogP contribution < -0.4 is 5.73 Å². The second-order valence-electron chi connectivity index (χ2n) is 4.93. The van der Waals surface area contributed by atoms with Crippen molar-refractivity contribution in [3.8, 4) is 0 Å². The molecule has 0 saturated heterocycles. The van der Waals surface area contributed by atoms with Gasteiger partial charge in [0.05, 0.1) is 16.6 Å². The lowest BCUT2D eigenvalue weighted by molar-refractivity contribution is 1.06. The van der Waals surface area contributed by atoms with Gasteiger partial charge in [0.15, 0.2) is 0 Å². The van der Waals surface area contributed by atoms with Gasteiger partial charge in [-0.25, -0.2) is 4.98 Å². The normalized spacial score (nSPS) is 11.4. The van der Waals surface area contributed by atoms with E-state index in [0.717, 1.165) is 38.3 Å². The number of para-hydroxylation sites is 1. The second-order valence-corrected chi connectivity index (χ2v) is 4.93. The summed E-state index contributed by atoms with van der Waals surface area (Å²) >= 11 is 0. The molecule has 20 heavy (non-hydrogen) atoms. The summed E-state index contributed by atoms with van der Waals surface area (Å²) in [5, 5.41) is 3.35. The van der Waals surface area contributed by atoms with E-state index in [1.165, 1.54) is 0 Å². The molecule has 96 valence electrons. The second kappa shape index (κ2) is 4.25. The van der Waals surface area contributed by atoms with Gasteiger partial charge in [-0.1, -0.05) is 24.3 Å². The molecule has 0 atom stereocenters. The highest BCUT2D eigenvalue weighted by molar-refractivity contribution is 6.07. The average Bonchev–Trinajstić information content (AvgIpc) is 2.52. The smallest absolute Gasteiger partial charge is 0.0803 e. The number of nitrogens with zero attached hydrogens (tertiary/aromatic N) is 2. The van der Waals surface area contributed by atoms with E-state index in [4.69, 9.17) is 10.7 Å². The van der Waals surface area contributed by atoms with Crippen LogP contribution in [0.3, 0.4) is 0 Å². The van der Waals surface area contributed by atoms with Crippen LogP contribution in [0.1, 0.15) is 5.56 Å². The monoisotopic (exact) mass is 259 g/mol. The highest BCUT2D eigenvalue weighted by Gasteiger charge is 2.05. The first-order valence-corrected chi connectivity index (χ1v) is 6.62. The SMILES string of the molecule is NCc1cnc2ccc3cc4ccccc4nc3c2c1. The van der Waals surface area contributed by atoms with Crippen molar-refractivity contribution in [2.75, 3.05) is 0 Å². The van der Waals surface area contributed by atoms with Crippen LogP contribution in [-0.2, 0) is 6.54 Å². The number of benzene rings is 2. The van der Waals surface area contributed by atoms with Crippen LogP contribution in [0.15, 0.2) is 54.7 Å². The Hall–Kier alpha value is -2.52. The molecule has 0 amide bonds. The van der Waals surface area contributed by atoms with Gasteiger partial charge in [-0.05, 0) is 29.8 Å². The lowest BCUT2D eigenvalue weighted by Crippen LogP contribution is -1.97. The Labute approximate surface area is 116 Å². The van der Waals surface area contributed by atoms with Crippen LogP contribution in [0.5, 0.6) is 0 Å². The third-order valence-electron chi connectivity index (χ3n) is 3.64. The number of hydrogen-bond donors (Lipinski definition) is 1. The first kappa shape index (κ1) is 11.3. The predicted octanol–water partition coefficient (Wildman–Crippen LogP) is 3.39. The Balaban J connectivity index is 2.18. The van der Waals surface area contributed by atoms with Gasteiger partial charge in [-0.15, -0.1) is 0 Å². The lowest BCUT2D eigenvalue weighted by atomic mass is 10.1. The van der Waals surface area contributed by atoms with Crippen molar-refractivity contribution in [1.82, 2.24) is 9.97 Å². The standard InChI is InChI=1S/C17H13N3/c18-9-11-7-14-16(19-10-11)6-5-13-8-12-3-1-2-4-15(12)20-17(13)14/h1-8,10H,9,18H2. The minimum Gasteiger partial charge on any atom is -0.326 e. The molecule has 0 unspecified atom stereocenters. The minimum absolute atomic E-state index is 0.493. The van der Waals surface area contributed by atoms with Crippen molar-refractivity contribution in [2.45, 2.75) is 6.54 Å². The third-order valence-corrected chi connectivity index (χ3v) is 3.64. The van der Waals surface area contributed by atoms with Crippen molar-refractivity contribution in [3.63, 3.8) is 0 Å². The summed E-state index contributed by atoms with van der Waals surface area (Å²) in [6, 6.07) is 16.5. The van der Waals surface area contributed by atoms with Crippen LogP contribution in [-0.4, -0.2) is 9.97 Å². The highest BCUT2D eigenvalue weighted by atomic mass is 14.7. The van der Waals surface area contributed by atoms with E-state index in [1.807, 2.05) is 30.5 Å². The Kier molecular flexibility index (Phi) is 2.41. The molecule has 2 heterocycles. The maximum absolute atomic E-state index is 5.72. The topological polar surface area (TPSA) is 51.8 Å². The number of nitrogens with two attached hydrogens (primary N) is 1. The van der Waals surface area contributed by atoms with E-state index in [-0.39, 0.29) is 0 Å². The van der Waals surface area contributed by atoms with Crippen molar-refractivity contribution in [1.29, 1.82) is 0 Å². The van der Waals surface area contributed by atoms with E-state index in [1.54, 1.807) is 0 Å². The van der Waals surface area contributed by atoms with Crippen LogP contribution in [0.4, 0.5) is 0 Å². The fraction of sp³-hybridized carbons (Fsp3) is 0.0588. The summed E-state index contributed by atoms with van der Waals surface area (Å²) in [5.41, 5.74) is 9.69. The maximum atomic E-state index is 5.72. The quantitative estimate of drug-likeness (QED) is 0.421. The molecule has 4 aromatic rings. The lowest BCUT2D eigenvalue weighted by Gasteiger charge is -2.06. The molecule has 0 aliphatic carbocycles. The molecule has 0 aliphatic rings. The zero-order valence-corrected chi connectivity index (χ0v) is 10.9. The molecular formula is C17H13N3. The maximum Gasteiger partial charge on any atom is 0.0803 e. The average molecular weight is 259 g/mol. The van der Waals surface area contributed by atoms with Gasteiger partial charge in [0.25, 0.3) is 0 Å². The summed E-state index contributed by atoms with van der Waals surface area (Å²) in [7, 11) is 0. The van der Waals surface area contributed by atoms with Gasteiger partial charge in [-0.3, -0.25) is 4.98 Å². The molecule has 0 spiro atoms. The Morgan fingerprint density at radius 3 is 2.70 bits per heavy atom. The summed E-state index contributed by atoms with van der Waals surface area (Å²) < 4.78 is 0. The highest BCUT2D eigenvalue weighted by Crippen LogP contribution is 2.26. The first-order chi connectivity index (χ1) is 9.85. The van der Waals surface area contributed by atoms with E-state index >= 15 is 0 Å². The van der Waals surface area contributed by atoms with Crippen LogP contribution in [0.2, 0.25) is 0 Å². The van der Waals surface area contributed by atoms with Gasteiger partial charge in [0.1, 0.15) is 0 Å². The van der Waals surface area contributed by atoms with Gasteiger partial charge in [-0.2, -0.15) is 0 Å². The molecule has 0 bridgehead atoms. The Bertz CT molecular complexity index is 944. The van der Waals surface area contributed by atoms with Crippen molar-refractivity contribution in [2.24, 2.45) is 5.73 Å². The zero-order valence-electron chi connectivity index (χ0n) is 10.9. The summed E-state index contributed by atoms with van der Waals surface area (Å²) in [5.74, 6) is 0. The summed E-state index contributed by atoms with van der Waals surface area (Å²) in [6.45, 7) is 0.493. The predicted molar refractivity (Wildman–Crippen MR) is 82.4 cm³/mol. The van der Waals surface area contributed by atoms with E-state index < -0.39 is 0 Å². The van der Waals surface area contributed by atoms with Gasteiger partial charge in [0.2, 0.25) is 0 Å². The molecule has 2 aromatic heterocycles. The van der Waals surface area contributed by atoms with Gasteiger partial charge >= 0.3 is 0 Å².